The number of nitro benzene ring substituents is 1. The molecule has 7 rings (SSSR count). The molecule has 0 unspecified atom stereocenters. The number of hydrogen-bond acceptors (Lipinski definition) is 11. The second-order valence-corrected chi connectivity index (χ2v) is 17.7. The van der Waals surface area contributed by atoms with E-state index in [0.29, 0.717) is 23.1 Å². The Morgan fingerprint density at radius 1 is 0.897 bits per heavy atom. The molecule has 2 N–H and O–H groups in total. The molecule has 2 heterocycles. The van der Waals surface area contributed by atoms with Gasteiger partial charge in [-0.1, -0.05) is 66.2 Å². The van der Waals surface area contributed by atoms with Gasteiger partial charge in [0.1, 0.15) is 12.0 Å². The van der Waals surface area contributed by atoms with Crippen LogP contribution < -0.4 is 14.9 Å². The molecule has 0 spiro atoms. The maximum absolute atomic E-state index is 13.9. The molecule has 1 aliphatic rings. The molecule has 1 aromatic heterocycles. The van der Waals surface area contributed by atoms with Crippen LogP contribution in [0.5, 0.6) is 0 Å². The lowest BCUT2D eigenvalue weighted by Gasteiger charge is -2.36. The molecule has 300 valence electrons. The highest BCUT2D eigenvalue weighted by molar-refractivity contribution is 7.99. The minimum Gasteiger partial charge on any atom is -0.376 e. The lowest BCUT2D eigenvalue weighted by molar-refractivity contribution is -0.384. The van der Waals surface area contributed by atoms with Gasteiger partial charge in [0, 0.05) is 71.6 Å². The van der Waals surface area contributed by atoms with Crippen molar-refractivity contribution in [1.29, 1.82) is 0 Å². The standard InChI is InChI=1S/C43H45ClN8O4S2/c1-49(2)20-19-34(29-57-36-11-7-4-8-12-36)47-41-27-37(15-18-42(41)52(53)54)58(55,56)48-43-39-17-14-35(26-40(39)45-30-46-43)51-23-21-50(22-24-51)28-32-25-33(44)13-16-38(32)31-9-5-3-6-10-31/h3-18,25-27,30,34,47H,19-24,28-29H2,1-2H3,(H,45,46,48)/t34-/m1/s1. The molecular weight excluding hydrogens is 792 g/mol. The quantitative estimate of drug-likeness (QED) is 0.0552. The van der Waals surface area contributed by atoms with Crippen LogP contribution >= 0.6 is 23.4 Å². The molecule has 1 atom stereocenters. The van der Waals surface area contributed by atoms with Gasteiger partial charge < -0.3 is 15.1 Å². The third-order valence-electron chi connectivity index (χ3n) is 10.1. The van der Waals surface area contributed by atoms with Crippen LogP contribution in [0.15, 0.2) is 131 Å². The van der Waals surface area contributed by atoms with Gasteiger partial charge in [0.05, 0.1) is 15.3 Å². The van der Waals surface area contributed by atoms with Crippen LogP contribution in [-0.4, -0.2) is 91.7 Å². The number of rotatable bonds is 16. The minimum atomic E-state index is -4.21. The summed E-state index contributed by atoms with van der Waals surface area (Å²) < 4.78 is 30.4. The van der Waals surface area contributed by atoms with E-state index in [9.17, 15) is 18.5 Å². The predicted octanol–water partition coefficient (Wildman–Crippen LogP) is 8.51. The summed E-state index contributed by atoms with van der Waals surface area (Å²) in [5, 5.41) is 16.7. The van der Waals surface area contributed by atoms with Crippen molar-refractivity contribution in [3.05, 3.63) is 142 Å². The molecule has 0 aliphatic carbocycles. The van der Waals surface area contributed by atoms with Gasteiger partial charge in [-0.05, 0) is 98.3 Å². The number of hydrogen-bond donors (Lipinski definition) is 2. The number of fused-ring (bicyclic) bond motifs is 1. The van der Waals surface area contributed by atoms with E-state index in [0.717, 1.165) is 60.4 Å². The lowest BCUT2D eigenvalue weighted by Crippen LogP contribution is -2.46. The maximum atomic E-state index is 13.9. The zero-order chi connectivity index (χ0) is 40.6. The van der Waals surface area contributed by atoms with Crippen molar-refractivity contribution in [2.75, 3.05) is 67.5 Å². The smallest absolute Gasteiger partial charge is 0.292 e. The highest BCUT2D eigenvalue weighted by Gasteiger charge is 2.25. The Kier molecular flexibility index (Phi) is 13.1. The van der Waals surface area contributed by atoms with E-state index in [2.05, 4.69) is 54.1 Å². The summed E-state index contributed by atoms with van der Waals surface area (Å²) in [5.74, 6) is 0.737. The van der Waals surface area contributed by atoms with Crippen molar-refractivity contribution in [2.45, 2.75) is 28.8 Å². The number of sulfonamides is 1. The van der Waals surface area contributed by atoms with Crippen molar-refractivity contribution in [3.8, 4) is 11.1 Å². The Labute approximate surface area is 348 Å². The first-order chi connectivity index (χ1) is 28.0. The number of aromatic nitrogens is 2. The van der Waals surface area contributed by atoms with Gasteiger partial charge in [-0.25, -0.2) is 18.4 Å². The van der Waals surface area contributed by atoms with E-state index < -0.39 is 14.9 Å². The Hall–Kier alpha value is -5.25. The Balaban J connectivity index is 1.05. The summed E-state index contributed by atoms with van der Waals surface area (Å²) in [7, 11) is -0.283. The fourth-order valence-corrected chi connectivity index (χ4v) is 9.25. The SMILES string of the molecule is CN(C)CC[C@H](CSc1ccccc1)Nc1cc(S(=O)(=O)Nc2ncnc3cc(N4CCN(Cc5cc(Cl)ccc5-c5ccccc5)CC4)ccc23)ccc1[N+](=O)[O-]. The minimum absolute atomic E-state index is 0.119. The molecule has 12 nitrogen and oxygen atoms in total. The fourth-order valence-electron chi connectivity index (χ4n) is 7.01. The van der Waals surface area contributed by atoms with Crippen molar-refractivity contribution >= 4 is 67.2 Å². The Morgan fingerprint density at radius 3 is 2.36 bits per heavy atom. The summed E-state index contributed by atoms with van der Waals surface area (Å²) in [6.07, 6.45) is 2.02. The van der Waals surface area contributed by atoms with Gasteiger partial charge >= 0.3 is 0 Å². The molecule has 0 amide bonds. The van der Waals surface area contributed by atoms with Crippen molar-refractivity contribution in [2.24, 2.45) is 0 Å². The first-order valence-electron chi connectivity index (χ1n) is 19.0. The molecule has 15 heteroatoms. The van der Waals surface area contributed by atoms with Crippen LogP contribution in [0.4, 0.5) is 22.9 Å². The van der Waals surface area contributed by atoms with Crippen molar-refractivity contribution in [3.63, 3.8) is 0 Å². The number of thioether (sulfide) groups is 1. The molecular formula is C43H45ClN8O4S2. The van der Waals surface area contributed by atoms with Crippen LogP contribution in [0.2, 0.25) is 5.02 Å². The normalized spacial score (nSPS) is 14.1. The Morgan fingerprint density at radius 2 is 1.64 bits per heavy atom. The van der Waals surface area contributed by atoms with Gasteiger partial charge in [-0.3, -0.25) is 19.7 Å². The third-order valence-corrected chi connectivity index (χ3v) is 12.8. The van der Waals surface area contributed by atoms with Crippen LogP contribution in [0, 0.1) is 10.1 Å². The summed E-state index contributed by atoms with van der Waals surface area (Å²) in [6, 6.07) is 35.7. The van der Waals surface area contributed by atoms with Crippen LogP contribution in [-0.2, 0) is 16.6 Å². The average Bonchev–Trinajstić information content (AvgIpc) is 3.22. The predicted molar refractivity (Wildman–Crippen MR) is 236 cm³/mol. The van der Waals surface area contributed by atoms with Gasteiger partial charge in [-0.15, -0.1) is 11.8 Å². The van der Waals surface area contributed by atoms with Crippen molar-refractivity contribution in [1.82, 2.24) is 19.8 Å². The van der Waals surface area contributed by atoms with Crippen LogP contribution in [0.1, 0.15) is 12.0 Å². The molecule has 6 aromatic rings. The van der Waals surface area contributed by atoms with E-state index in [1.54, 1.807) is 11.8 Å². The largest absolute Gasteiger partial charge is 0.376 e. The molecule has 1 saturated heterocycles. The van der Waals surface area contributed by atoms with Gasteiger partial charge in [0.25, 0.3) is 15.7 Å². The van der Waals surface area contributed by atoms with E-state index in [-0.39, 0.29) is 28.1 Å². The summed E-state index contributed by atoms with van der Waals surface area (Å²) in [4.78, 5) is 28.1. The van der Waals surface area contributed by atoms with E-state index in [1.165, 1.54) is 35.7 Å². The molecule has 0 bridgehead atoms. The second kappa shape index (κ2) is 18.6. The zero-order valence-corrected chi connectivity index (χ0v) is 34.7. The highest BCUT2D eigenvalue weighted by atomic mass is 35.5. The van der Waals surface area contributed by atoms with Crippen molar-refractivity contribution < 1.29 is 13.3 Å². The van der Waals surface area contributed by atoms with E-state index in [1.807, 2.05) is 91.8 Å². The number of halogens is 1. The summed E-state index contributed by atoms with van der Waals surface area (Å²) >= 11 is 8.06. The van der Waals surface area contributed by atoms with Crippen LogP contribution in [0.3, 0.4) is 0 Å². The number of piperazine rings is 1. The van der Waals surface area contributed by atoms with Gasteiger partial charge in [-0.2, -0.15) is 0 Å². The molecule has 1 fully saturated rings. The maximum Gasteiger partial charge on any atom is 0.292 e. The van der Waals surface area contributed by atoms with E-state index >= 15 is 0 Å². The number of nitro groups is 1. The molecule has 58 heavy (non-hydrogen) atoms. The first kappa shape index (κ1) is 40.9. The fraction of sp³-hybridized carbons (Fsp3) is 0.256. The second-order valence-electron chi connectivity index (χ2n) is 14.5. The lowest BCUT2D eigenvalue weighted by atomic mass is 9.99. The summed E-state index contributed by atoms with van der Waals surface area (Å²) in [5.41, 5.74) is 5.02. The van der Waals surface area contributed by atoms with E-state index in [4.69, 9.17) is 11.6 Å². The van der Waals surface area contributed by atoms with Crippen LogP contribution in [0.25, 0.3) is 22.0 Å². The van der Waals surface area contributed by atoms with Gasteiger partial charge in [0.2, 0.25) is 0 Å². The number of anilines is 3. The first-order valence-corrected chi connectivity index (χ1v) is 21.8. The highest BCUT2D eigenvalue weighted by Crippen LogP contribution is 2.33. The Bertz CT molecular complexity index is 2470. The zero-order valence-electron chi connectivity index (χ0n) is 32.3. The van der Waals surface area contributed by atoms with Gasteiger partial charge in [0.15, 0.2) is 5.82 Å². The topological polar surface area (TPSA) is 137 Å². The summed E-state index contributed by atoms with van der Waals surface area (Å²) in [6.45, 7) is 4.82. The average molecular weight is 837 g/mol. The number of benzene rings is 5. The molecule has 0 saturated carbocycles. The molecule has 1 aliphatic heterocycles. The molecule has 5 aromatic carbocycles. The molecule has 0 radical (unpaired) electrons. The third kappa shape index (κ3) is 10.2. The number of nitrogens with zero attached hydrogens (tertiary/aromatic N) is 6. The monoisotopic (exact) mass is 836 g/mol. The number of nitrogens with one attached hydrogen (secondary N) is 2.